The monoisotopic (exact) mass is 831 g/mol. The van der Waals surface area contributed by atoms with Crippen LogP contribution in [0.4, 0.5) is 11.4 Å². The van der Waals surface area contributed by atoms with E-state index in [-0.39, 0.29) is 33.0 Å². The smallest absolute Gasteiger partial charge is 0 e. The van der Waals surface area contributed by atoms with E-state index < -0.39 is 6.03 Å². The number of benzene rings is 3. The van der Waals surface area contributed by atoms with Crippen molar-refractivity contribution in [2.24, 2.45) is 0 Å². The number of rotatable bonds is 2. The quantitative estimate of drug-likeness (QED) is 0.154. The third kappa shape index (κ3) is 8.69. The second kappa shape index (κ2) is 18.5. The predicted octanol–water partition coefficient (Wildman–Crippen LogP) is 7.27. The molecule has 12 heteroatoms. The van der Waals surface area contributed by atoms with Crippen LogP contribution < -0.4 is 9.47 Å². The van der Waals surface area contributed by atoms with Crippen molar-refractivity contribution in [1.82, 2.24) is 9.80 Å². The molecule has 305 valence electrons. The molecule has 8 rings (SSSR count). The van der Waals surface area contributed by atoms with Crippen LogP contribution in [0.25, 0.3) is 0 Å². The van der Waals surface area contributed by atoms with E-state index in [0.717, 1.165) is 73.1 Å². The molecular weight excluding hydrogens is 777 g/mol. The Hall–Kier alpha value is -4.66. The maximum atomic E-state index is 7.50. The number of nitrogens with zero attached hydrogens (tertiary/aromatic N) is 5. The normalized spacial score (nSPS) is 18.2. The van der Waals surface area contributed by atoms with Gasteiger partial charge in [-0.05, 0) is 54.7 Å². The van der Waals surface area contributed by atoms with E-state index in [1.807, 2.05) is 0 Å². The third-order valence-corrected chi connectivity index (χ3v) is 10.9. The van der Waals surface area contributed by atoms with Gasteiger partial charge in [0.25, 0.3) is 11.4 Å². The van der Waals surface area contributed by atoms with Gasteiger partial charge in [0, 0.05) is 52.9 Å². The van der Waals surface area contributed by atoms with Crippen molar-refractivity contribution in [2.45, 2.75) is 104 Å². The molecule has 5 aliphatic heterocycles. The number of ether oxygens (including phenoxy) is 2. The van der Waals surface area contributed by atoms with Crippen LogP contribution in [0.1, 0.15) is 109 Å². The standard InChI is InChI=1S/C42H54N5O2.4CO.Co/c1-39(2,3)31-21-28(25-45-20-14-19-44-18-13-17-43(10)38(44)45)36-29(22-31)26-46-34-15-11-12-16-35(34)47-27-30-23-32(40(4,5)6)24-33(41(7,8)9)37(30)49-42(46,47)48-36;4*1-2;/h11-12,15-16,21-24,26-27H,13-14,17-20,25H2,1-10H3;;;;;/q+3;;;;;. The van der Waals surface area contributed by atoms with Gasteiger partial charge in [0.05, 0.1) is 50.9 Å². The molecule has 5 aliphatic rings. The van der Waals surface area contributed by atoms with Crippen molar-refractivity contribution in [1.29, 1.82) is 0 Å². The van der Waals surface area contributed by atoms with Gasteiger partial charge in [0.2, 0.25) is 0 Å². The summed E-state index contributed by atoms with van der Waals surface area (Å²) in [6.45, 7) is 43.8. The van der Waals surface area contributed by atoms with Crippen molar-refractivity contribution in [3.05, 3.63) is 109 Å². The van der Waals surface area contributed by atoms with E-state index in [4.69, 9.17) is 28.1 Å². The molecule has 1 fully saturated rings. The molecule has 5 heterocycles. The molecule has 1 radical (unpaired) electrons. The van der Waals surface area contributed by atoms with Crippen molar-refractivity contribution in [3.8, 4) is 11.5 Å². The van der Waals surface area contributed by atoms with Gasteiger partial charge < -0.3 is 9.47 Å². The van der Waals surface area contributed by atoms with Crippen molar-refractivity contribution in [2.75, 3.05) is 33.2 Å². The zero-order valence-corrected chi connectivity index (χ0v) is 36.3. The molecule has 0 N–H and O–H groups in total. The van der Waals surface area contributed by atoms with Gasteiger partial charge in [-0.25, -0.2) is 0 Å². The van der Waals surface area contributed by atoms with Crippen LogP contribution in [0.5, 0.6) is 11.5 Å². The van der Waals surface area contributed by atoms with Gasteiger partial charge in [0.15, 0.2) is 23.9 Å². The summed E-state index contributed by atoms with van der Waals surface area (Å²) in [7, 11) is 2.25. The fourth-order valence-electron chi connectivity index (χ4n) is 8.19. The van der Waals surface area contributed by atoms with Gasteiger partial charge in [-0.1, -0.05) is 80.5 Å². The topological polar surface area (TPSA) is 114 Å². The zero-order valence-electron chi connectivity index (χ0n) is 35.2. The number of para-hydroxylation sites is 2. The largest absolute Gasteiger partial charge is 0 e. The Morgan fingerprint density at radius 3 is 1.66 bits per heavy atom. The minimum Gasteiger partial charge on any atom is 0 e. The predicted molar refractivity (Wildman–Crippen MR) is 213 cm³/mol. The first-order valence-electron chi connectivity index (χ1n) is 19.1. The summed E-state index contributed by atoms with van der Waals surface area (Å²) in [5.74, 6) is 3.14. The average Bonchev–Trinajstić information content (AvgIpc) is 3.46. The van der Waals surface area contributed by atoms with Gasteiger partial charge in [0.1, 0.15) is 0 Å². The fraction of sp³-hybridized carbons (Fsp3) is 0.457. The van der Waals surface area contributed by atoms with Gasteiger partial charge >= 0.3 is 57.2 Å². The second-order valence-electron chi connectivity index (χ2n) is 17.8. The Morgan fingerprint density at radius 1 is 0.655 bits per heavy atom. The van der Waals surface area contributed by atoms with Crippen molar-refractivity contribution < 1.29 is 58.6 Å². The van der Waals surface area contributed by atoms with Crippen molar-refractivity contribution >= 4 is 29.8 Å². The first-order chi connectivity index (χ1) is 27.0. The second-order valence-corrected chi connectivity index (χ2v) is 17.8. The molecule has 1 spiro atoms. The Kier molecular flexibility index (Phi) is 15.2. The summed E-state index contributed by atoms with van der Waals surface area (Å²) >= 11 is 0. The molecule has 0 bridgehead atoms. The minimum absolute atomic E-state index is 0. The third-order valence-electron chi connectivity index (χ3n) is 10.9. The van der Waals surface area contributed by atoms with Crippen LogP contribution in [0.15, 0.2) is 48.5 Å². The molecule has 11 nitrogen and oxygen atoms in total. The van der Waals surface area contributed by atoms with Crippen LogP contribution in [0, 0.1) is 26.6 Å². The maximum Gasteiger partial charge on any atom is 0 e. The molecule has 0 aromatic heterocycles. The molecule has 1 unspecified atom stereocenters. The number of hydrogen-bond acceptors (Lipinski definition) is 4. The summed E-state index contributed by atoms with van der Waals surface area (Å²) < 4.78 is 51.7. The molecule has 0 saturated carbocycles. The summed E-state index contributed by atoms with van der Waals surface area (Å²) in [6.07, 6.45) is 6.91. The zero-order chi connectivity index (χ0) is 42.7. The van der Waals surface area contributed by atoms with E-state index in [2.05, 4.69) is 180 Å². The molecule has 1 saturated heterocycles. The number of fused-ring (bicyclic) bond motifs is 6. The number of hydrogen-bond donors (Lipinski definition) is 0. The molecule has 3 aromatic carbocycles. The van der Waals surface area contributed by atoms with E-state index >= 15 is 0 Å². The molecule has 0 aliphatic carbocycles. The Balaban J connectivity index is 0.000000944. The summed E-state index contributed by atoms with van der Waals surface area (Å²) in [5, 5.41) is 0. The molecule has 58 heavy (non-hydrogen) atoms. The van der Waals surface area contributed by atoms with Crippen LogP contribution in [0.2, 0.25) is 0 Å². The van der Waals surface area contributed by atoms with Crippen LogP contribution in [-0.2, 0) is 58.2 Å². The van der Waals surface area contributed by atoms with Crippen LogP contribution >= 0.6 is 0 Å². The Morgan fingerprint density at radius 2 is 1.14 bits per heavy atom. The van der Waals surface area contributed by atoms with E-state index in [0.29, 0.717) is 0 Å². The Labute approximate surface area is 354 Å². The maximum absolute atomic E-state index is 7.50. The summed E-state index contributed by atoms with van der Waals surface area (Å²) in [4.78, 5) is 5.15. The molecule has 3 aromatic rings. The fourth-order valence-corrected chi connectivity index (χ4v) is 8.19. The van der Waals surface area contributed by atoms with Gasteiger partial charge in [-0.2, -0.15) is 0 Å². The van der Waals surface area contributed by atoms with E-state index in [9.17, 15) is 0 Å². The molecule has 1 atom stereocenters. The molecule has 0 amide bonds. The van der Waals surface area contributed by atoms with Crippen molar-refractivity contribution in [3.63, 3.8) is 0 Å². The SMILES string of the molecule is C[N+]1=C2N(CCCN2Cc2cc(C(C)(C)C)cc3c2OC24Oc5c(cc(C(C)(C)C)cc5C(C)(C)C)C=[N+]2c2ccccc2[N+]4=C3)CCC1.[C-]#[O+].[C-]#[O+].[C-]#[O+].[C-]#[O+].[Co]. The molecular formula is C46H54CoN5O6+3. The van der Waals surface area contributed by atoms with E-state index in [1.54, 1.807) is 0 Å². The average molecular weight is 832 g/mol. The van der Waals surface area contributed by atoms with E-state index in [1.165, 1.54) is 34.6 Å². The Bertz CT molecular complexity index is 2170. The summed E-state index contributed by atoms with van der Waals surface area (Å²) in [5.41, 5.74) is 9.15. The van der Waals surface area contributed by atoms with Crippen LogP contribution in [0.3, 0.4) is 0 Å². The minimum atomic E-state index is -1.23. The van der Waals surface area contributed by atoms with Crippen LogP contribution in [-0.4, -0.2) is 81.2 Å². The van der Waals surface area contributed by atoms with Gasteiger partial charge in [-0.15, -0.1) is 0 Å². The van der Waals surface area contributed by atoms with Gasteiger partial charge in [-0.3, -0.25) is 14.4 Å². The first-order valence-corrected chi connectivity index (χ1v) is 19.1. The first kappa shape index (κ1) is 47.7. The summed E-state index contributed by atoms with van der Waals surface area (Å²) in [6, 6.07) is 16.7. The number of guanidine groups is 1.